The summed E-state index contributed by atoms with van der Waals surface area (Å²) in [5.41, 5.74) is 4.33. The van der Waals surface area contributed by atoms with E-state index in [1.165, 1.54) is 4.90 Å². The van der Waals surface area contributed by atoms with E-state index >= 15 is 0 Å². The molecule has 3 aromatic rings. The first-order valence-corrected chi connectivity index (χ1v) is 10.7. The van der Waals surface area contributed by atoms with Crippen LogP contribution in [-0.4, -0.2) is 11.8 Å². The van der Waals surface area contributed by atoms with Crippen molar-refractivity contribution in [2.45, 2.75) is 18.3 Å². The summed E-state index contributed by atoms with van der Waals surface area (Å²) in [6.07, 6.45) is 0. The highest BCUT2D eigenvalue weighted by atomic mass is 35.5. The molecule has 2 amide bonds. The van der Waals surface area contributed by atoms with E-state index < -0.39 is 17.3 Å². The third kappa shape index (κ3) is 1.98. The molecule has 1 aliphatic heterocycles. The molecule has 0 unspecified atom stereocenters. The molecule has 0 aromatic heterocycles. The third-order valence-electron chi connectivity index (χ3n) is 7.22. The molecule has 3 aliphatic carbocycles. The molecule has 5 heteroatoms. The van der Waals surface area contributed by atoms with Gasteiger partial charge in [-0.3, -0.25) is 9.59 Å². The van der Waals surface area contributed by atoms with E-state index in [1.807, 2.05) is 24.3 Å². The van der Waals surface area contributed by atoms with Crippen molar-refractivity contribution in [2.75, 3.05) is 4.90 Å². The van der Waals surface area contributed by atoms with Gasteiger partial charge in [0.25, 0.3) is 0 Å². The number of amides is 2. The molecule has 1 heterocycles. The van der Waals surface area contributed by atoms with Crippen LogP contribution in [0.15, 0.2) is 66.7 Å². The van der Waals surface area contributed by atoms with Gasteiger partial charge in [-0.05, 0) is 34.4 Å². The molecule has 0 spiro atoms. The van der Waals surface area contributed by atoms with Crippen LogP contribution in [0.3, 0.4) is 0 Å². The van der Waals surface area contributed by atoms with Gasteiger partial charge in [-0.2, -0.15) is 0 Å². The Labute approximate surface area is 184 Å². The van der Waals surface area contributed by atoms with Crippen LogP contribution in [0.25, 0.3) is 0 Å². The van der Waals surface area contributed by atoms with Gasteiger partial charge in [-0.15, -0.1) is 0 Å². The SMILES string of the molecule is CC12c3ccccc3C(c3ccccc31)[C@H]1C(=O)N(c3cccc(Cl)c3Cl)C(=O)[C@H]12. The number of carbonyl (C=O) groups excluding carboxylic acids is 2. The standard InChI is InChI=1S/C25H17Cl2NO2/c1-25-15-9-4-2-7-13(15)19(14-8-3-5-10-16(14)25)20-21(25)24(30)28(23(20)29)18-12-6-11-17(26)22(18)27/h2-12,19-21H,1H3/t19?,20-,21+,25?/m1/s1. The Morgan fingerprint density at radius 1 is 0.800 bits per heavy atom. The van der Waals surface area contributed by atoms with Gasteiger partial charge in [0, 0.05) is 11.3 Å². The molecule has 0 saturated carbocycles. The maximum Gasteiger partial charge on any atom is 0.239 e. The lowest BCUT2D eigenvalue weighted by molar-refractivity contribution is -0.123. The van der Waals surface area contributed by atoms with Crippen LogP contribution in [0.1, 0.15) is 35.1 Å². The summed E-state index contributed by atoms with van der Waals surface area (Å²) in [5.74, 6) is -1.49. The number of anilines is 1. The Morgan fingerprint density at radius 3 is 2.03 bits per heavy atom. The highest BCUT2D eigenvalue weighted by molar-refractivity contribution is 6.45. The first kappa shape index (κ1) is 18.2. The summed E-state index contributed by atoms with van der Waals surface area (Å²) >= 11 is 12.6. The highest BCUT2D eigenvalue weighted by Gasteiger charge is 2.66. The van der Waals surface area contributed by atoms with E-state index in [0.29, 0.717) is 10.7 Å². The monoisotopic (exact) mass is 433 g/mol. The molecular formula is C25H17Cl2NO2. The van der Waals surface area contributed by atoms with Gasteiger partial charge in [-0.1, -0.05) is 84.7 Å². The van der Waals surface area contributed by atoms with E-state index in [0.717, 1.165) is 22.3 Å². The van der Waals surface area contributed by atoms with Crippen LogP contribution < -0.4 is 4.90 Å². The molecule has 3 aromatic carbocycles. The summed E-state index contributed by atoms with van der Waals surface area (Å²) in [6.45, 7) is 2.10. The Balaban J connectivity index is 1.63. The molecule has 0 radical (unpaired) electrons. The van der Waals surface area contributed by atoms with Crippen molar-refractivity contribution in [3.8, 4) is 0 Å². The van der Waals surface area contributed by atoms with Crippen LogP contribution >= 0.6 is 23.2 Å². The number of nitrogens with zero attached hydrogens (tertiary/aromatic N) is 1. The van der Waals surface area contributed by atoms with E-state index in [4.69, 9.17) is 23.2 Å². The fourth-order valence-electron chi connectivity index (χ4n) is 6.05. The largest absolute Gasteiger partial charge is 0.274 e. The number of carbonyl (C=O) groups is 2. The molecule has 3 nitrogen and oxygen atoms in total. The average molecular weight is 434 g/mol. The molecule has 1 fully saturated rings. The molecule has 1 saturated heterocycles. The average Bonchev–Trinajstić information content (AvgIpc) is 3.02. The minimum atomic E-state index is -0.584. The first-order chi connectivity index (χ1) is 14.5. The molecule has 4 aliphatic rings. The third-order valence-corrected chi connectivity index (χ3v) is 8.02. The van der Waals surface area contributed by atoms with E-state index in [-0.39, 0.29) is 22.8 Å². The molecule has 0 N–H and O–H groups in total. The molecule has 148 valence electrons. The van der Waals surface area contributed by atoms with Crippen molar-refractivity contribution in [1.29, 1.82) is 0 Å². The number of rotatable bonds is 1. The second kappa shape index (κ2) is 5.96. The summed E-state index contributed by atoms with van der Waals surface area (Å²) in [7, 11) is 0. The van der Waals surface area contributed by atoms with Gasteiger partial charge in [0.2, 0.25) is 11.8 Å². The highest BCUT2D eigenvalue weighted by Crippen LogP contribution is 2.64. The van der Waals surface area contributed by atoms with Crippen LogP contribution in [0.2, 0.25) is 10.0 Å². The fourth-order valence-corrected chi connectivity index (χ4v) is 6.43. The number of imide groups is 1. The van der Waals surface area contributed by atoms with Crippen molar-refractivity contribution < 1.29 is 9.59 Å². The normalized spacial score (nSPS) is 28.4. The zero-order chi connectivity index (χ0) is 20.8. The van der Waals surface area contributed by atoms with Gasteiger partial charge in [-0.25, -0.2) is 4.90 Å². The zero-order valence-corrected chi connectivity index (χ0v) is 17.6. The number of hydrogen-bond acceptors (Lipinski definition) is 2. The number of hydrogen-bond donors (Lipinski definition) is 0. The van der Waals surface area contributed by atoms with Crippen LogP contribution in [0, 0.1) is 11.8 Å². The molecule has 30 heavy (non-hydrogen) atoms. The summed E-state index contributed by atoms with van der Waals surface area (Å²) < 4.78 is 0. The number of halogens is 2. The quantitative estimate of drug-likeness (QED) is 0.470. The van der Waals surface area contributed by atoms with Gasteiger partial charge >= 0.3 is 0 Å². The lowest BCUT2D eigenvalue weighted by Crippen LogP contribution is -2.51. The Morgan fingerprint density at radius 2 is 1.40 bits per heavy atom. The lowest BCUT2D eigenvalue weighted by Gasteiger charge is -2.52. The van der Waals surface area contributed by atoms with E-state index in [1.54, 1.807) is 18.2 Å². The second-order valence-corrected chi connectivity index (χ2v) is 9.23. The summed E-state index contributed by atoms with van der Waals surface area (Å²) in [6, 6.07) is 21.5. The van der Waals surface area contributed by atoms with Crippen molar-refractivity contribution in [3.63, 3.8) is 0 Å². The maximum atomic E-state index is 13.8. The molecule has 2 bridgehead atoms. The summed E-state index contributed by atoms with van der Waals surface area (Å²) in [5, 5.41) is 0.553. The first-order valence-electron chi connectivity index (χ1n) is 9.97. The molecule has 2 atom stereocenters. The van der Waals surface area contributed by atoms with Crippen LogP contribution in [0.5, 0.6) is 0 Å². The van der Waals surface area contributed by atoms with Gasteiger partial charge in [0.15, 0.2) is 0 Å². The minimum Gasteiger partial charge on any atom is -0.274 e. The maximum absolute atomic E-state index is 13.8. The Hall–Kier alpha value is -2.62. The lowest BCUT2D eigenvalue weighted by atomic mass is 9.48. The van der Waals surface area contributed by atoms with Gasteiger partial charge < -0.3 is 0 Å². The van der Waals surface area contributed by atoms with Crippen molar-refractivity contribution in [1.82, 2.24) is 0 Å². The number of benzene rings is 3. The molecular weight excluding hydrogens is 417 g/mol. The topological polar surface area (TPSA) is 37.4 Å². The van der Waals surface area contributed by atoms with Crippen molar-refractivity contribution in [2.24, 2.45) is 11.8 Å². The zero-order valence-electron chi connectivity index (χ0n) is 16.1. The van der Waals surface area contributed by atoms with Gasteiger partial charge in [0.05, 0.1) is 27.6 Å². The predicted octanol–water partition coefficient (Wildman–Crippen LogP) is 5.56. The Kier molecular flexibility index (Phi) is 3.61. The smallest absolute Gasteiger partial charge is 0.239 e. The molecule has 7 rings (SSSR count). The van der Waals surface area contributed by atoms with Crippen molar-refractivity contribution >= 4 is 40.7 Å². The van der Waals surface area contributed by atoms with Gasteiger partial charge in [0.1, 0.15) is 0 Å². The fraction of sp³-hybridized carbons (Fsp3) is 0.200. The Bertz CT molecular complexity index is 1220. The van der Waals surface area contributed by atoms with Crippen molar-refractivity contribution in [3.05, 3.63) is 99.0 Å². The van der Waals surface area contributed by atoms with Crippen LogP contribution in [-0.2, 0) is 15.0 Å². The second-order valence-electron chi connectivity index (χ2n) is 8.44. The predicted molar refractivity (Wildman–Crippen MR) is 117 cm³/mol. The minimum absolute atomic E-state index is 0.149. The van der Waals surface area contributed by atoms with E-state index in [2.05, 4.69) is 31.2 Å². The van der Waals surface area contributed by atoms with Crippen LogP contribution in [0.4, 0.5) is 5.69 Å². The summed E-state index contributed by atoms with van der Waals surface area (Å²) in [4.78, 5) is 28.9. The van der Waals surface area contributed by atoms with E-state index in [9.17, 15) is 9.59 Å².